The van der Waals surface area contributed by atoms with E-state index < -0.39 is 0 Å². The van der Waals surface area contributed by atoms with Gasteiger partial charge in [-0.25, -0.2) is 0 Å². The fourth-order valence-corrected chi connectivity index (χ4v) is 3.69. The van der Waals surface area contributed by atoms with E-state index in [0.717, 1.165) is 42.1 Å². The molecule has 0 amide bonds. The number of rotatable bonds is 14. The molecule has 0 N–H and O–H groups in total. The van der Waals surface area contributed by atoms with Gasteiger partial charge in [0.25, 0.3) is 0 Å². The van der Waals surface area contributed by atoms with Crippen molar-refractivity contribution in [3.63, 3.8) is 0 Å². The van der Waals surface area contributed by atoms with Crippen LogP contribution in [0.25, 0.3) is 11.1 Å². The van der Waals surface area contributed by atoms with Gasteiger partial charge in [0.15, 0.2) is 0 Å². The second kappa shape index (κ2) is 13.7. The highest BCUT2D eigenvalue weighted by Crippen LogP contribution is 2.25. The summed E-state index contributed by atoms with van der Waals surface area (Å²) in [5.74, 6) is 0.875. The molecule has 0 saturated carbocycles. The van der Waals surface area contributed by atoms with E-state index in [2.05, 4.69) is 61.5 Å². The topological polar surface area (TPSA) is 27.7 Å². The molecule has 0 aliphatic heterocycles. The number of ether oxygens (including phenoxy) is 3. The van der Waals surface area contributed by atoms with Crippen molar-refractivity contribution in [2.24, 2.45) is 0 Å². The van der Waals surface area contributed by atoms with E-state index in [9.17, 15) is 0 Å². The number of benzene rings is 3. The molecule has 0 atom stereocenters. The van der Waals surface area contributed by atoms with Gasteiger partial charge in [-0.15, -0.1) is 0 Å². The molecular weight excluding hydrogens is 396 g/mol. The third kappa shape index (κ3) is 8.14. The maximum Gasteiger partial charge on any atom is 0.120 e. The molecule has 0 saturated heterocycles. The lowest BCUT2D eigenvalue weighted by Crippen LogP contribution is -2.00. The van der Waals surface area contributed by atoms with Crippen LogP contribution in [0, 0.1) is 0 Å². The van der Waals surface area contributed by atoms with Crippen LogP contribution in [-0.2, 0) is 29.1 Å². The van der Waals surface area contributed by atoms with Crippen LogP contribution >= 0.6 is 0 Å². The van der Waals surface area contributed by atoms with Crippen molar-refractivity contribution in [2.75, 3.05) is 20.3 Å². The lowest BCUT2D eigenvalue weighted by molar-refractivity contribution is 0.133. The Labute approximate surface area is 193 Å². The predicted octanol–water partition coefficient (Wildman–Crippen LogP) is 7.22. The fraction of sp³-hybridized carbons (Fsp3) is 0.379. The maximum atomic E-state index is 6.05. The Hall–Kier alpha value is -2.62. The van der Waals surface area contributed by atoms with Crippen molar-refractivity contribution >= 4 is 0 Å². The van der Waals surface area contributed by atoms with E-state index in [4.69, 9.17) is 14.2 Å². The molecule has 3 nitrogen and oxygen atoms in total. The second-order valence-electron chi connectivity index (χ2n) is 8.19. The monoisotopic (exact) mass is 432 g/mol. The SMILES string of the molecule is CCCCCCOCCc1ccc(-c2cccc(OCc3cccc(COC)c3)c2)cc1. The third-order valence-corrected chi connectivity index (χ3v) is 5.51. The van der Waals surface area contributed by atoms with Crippen LogP contribution < -0.4 is 4.74 Å². The van der Waals surface area contributed by atoms with Gasteiger partial charge in [-0.3, -0.25) is 0 Å². The molecule has 3 rings (SSSR count). The number of hydrogen-bond donors (Lipinski definition) is 0. The van der Waals surface area contributed by atoms with E-state index >= 15 is 0 Å². The summed E-state index contributed by atoms with van der Waals surface area (Å²) in [7, 11) is 1.71. The molecule has 0 aliphatic carbocycles. The Bertz CT molecular complexity index is 918. The van der Waals surface area contributed by atoms with E-state index in [-0.39, 0.29) is 0 Å². The maximum absolute atomic E-state index is 6.05. The first-order valence-corrected chi connectivity index (χ1v) is 11.7. The van der Waals surface area contributed by atoms with Crippen molar-refractivity contribution < 1.29 is 14.2 Å². The molecule has 0 unspecified atom stereocenters. The highest BCUT2D eigenvalue weighted by molar-refractivity contribution is 5.65. The van der Waals surface area contributed by atoms with Crippen LogP contribution in [0.15, 0.2) is 72.8 Å². The minimum Gasteiger partial charge on any atom is -0.489 e. The molecular formula is C29H36O3. The van der Waals surface area contributed by atoms with E-state index in [1.54, 1.807) is 7.11 Å². The highest BCUT2D eigenvalue weighted by atomic mass is 16.5. The first-order valence-electron chi connectivity index (χ1n) is 11.7. The molecule has 3 aromatic rings. The summed E-state index contributed by atoms with van der Waals surface area (Å²) in [6, 6.07) is 25.4. The molecule has 0 fully saturated rings. The van der Waals surface area contributed by atoms with Crippen LogP contribution in [0.2, 0.25) is 0 Å². The van der Waals surface area contributed by atoms with Gasteiger partial charge in [0.05, 0.1) is 13.2 Å². The number of unbranched alkanes of at least 4 members (excludes halogenated alkanes) is 3. The Kier molecular flexibility index (Phi) is 10.3. The highest BCUT2D eigenvalue weighted by Gasteiger charge is 2.03. The summed E-state index contributed by atoms with van der Waals surface area (Å²) in [6.07, 6.45) is 5.97. The largest absolute Gasteiger partial charge is 0.489 e. The number of methoxy groups -OCH3 is 1. The zero-order valence-corrected chi connectivity index (χ0v) is 19.5. The lowest BCUT2D eigenvalue weighted by atomic mass is 10.0. The molecule has 0 bridgehead atoms. The van der Waals surface area contributed by atoms with Crippen LogP contribution in [0.1, 0.15) is 49.3 Å². The molecule has 0 aliphatic rings. The third-order valence-electron chi connectivity index (χ3n) is 5.51. The molecule has 0 heterocycles. The van der Waals surface area contributed by atoms with Crippen molar-refractivity contribution in [3.8, 4) is 16.9 Å². The summed E-state index contributed by atoms with van der Waals surface area (Å²) >= 11 is 0. The van der Waals surface area contributed by atoms with Crippen LogP contribution in [0.3, 0.4) is 0 Å². The van der Waals surface area contributed by atoms with Crippen molar-refractivity contribution in [2.45, 2.75) is 52.2 Å². The van der Waals surface area contributed by atoms with Gasteiger partial charge in [-0.1, -0.05) is 86.8 Å². The van der Waals surface area contributed by atoms with Crippen LogP contribution in [-0.4, -0.2) is 20.3 Å². The Morgan fingerprint density at radius 3 is 2.22 bits per heavy atom. The van der Waals surface area contributed by atoms with Gasteiger partial charge >= 0.3 is 0 Å². The first kappa shape index (κ1) is 24.0. The zero-order chi connectivity index (χ0) is 22.4. The van der Waals surface area contributed by atoms with E-state index in [1.807, 2.05) is 18.2 Å². The molecule has 3 aromatic carbocycles. The van der Waals surface area contributed by atoms with Gasteiger partial charge in [0.1, 0.15) is 12.4 Å². The van der Waals surface area contributed by atoms with Crippen molar-refractivity contribution in [1.29, 1.82) is 0 Å². The average Bonchev–Trinajstić information content (AvgIpc) is 2.83. The first-order chi connectivity index (χ1) is 15.8. The number of hydrogen-bond acceptors (Lipinski definition) is 3. The molecule has 170 valence electrons. The second-order valence-corrected chi connectivity index (χ2v) is 8.19. The summed E-state index contributed by atoms with van der Waals surface area (Å²) in [4.78, 5) is 0. The van der Waals surface area contributed by atoms with Crippen LogP contribution in [0.4, 0.5) is 0 Å². The molecule has 0 aromatic heterocycles. The summed E-state index contributed by atoms with van der Waals surface area (Å²) in [5.41, 5.74) is 5.97. The smallest absolute Gasteiger partial charge is 0.120 e. The van der Waals surface area contributed by atoms with E-state index in [1.165, 1.54) is 36.8 Å². The van der Waals surface area contributed by atoms with Gasteiger partial charge in [-0.05, 0) is 52.8 Å². The Morgan fingerprint density at radius 1 is 0.656 bits per heavy atom. The standard InChI is InChI=1S/C29H36O3/c1-3-4-5-6-18-31-19-17-24-13-15-27(16-14-24)28-11-8-12-29(21-28)32-23-26-10-7-9-25(20-26)22-30-2/h7-16,20-21H,3-6,17-19,22-23H2,1-2H3. The van der Waals surface area contributed by atoms with Crippen molar-refractivity contribution in [1.82, 2.24) is 0 Å². The summed E-state index contributed by atoms with van der Waals surface area (Å²) in [6.45, 7) is 5.06. The molecule has 0 radical (unpaired) electrons. The Balaban J connectivity index is 1.49. The fourth-order valence-electron chi connectivity index (χ4n) is 3.69. The average molecular weight is 433 g/mol. The van der Waals surface area contributed by atoms with Gasteiger partial charge in [0.2, 0.25) is 0 Å². The molecule has 32 heavy (non-hydrogen) atoms. The van der Waals surface area contributed by atoms with Gasteiger partial charge < -0.3 is 14.2 Å². The summed E-state index contributed by atoms with van der Waals surface area (Å²) < 4.78 is 17.0. The molecule has 0 spiro atoms. The lowest BCUT2D eigenvalue weighted by Gasteiger charge is -2.10. The Morgan fingerprint density at radius 2 is 1.44 bits per heavy atom. The van der Waals surface area contributed by atoms with Crippen molar-refractivity contribution in [3.05, 3.63) is 89.5 Å². The summed E-state index contributed by atoms with van der Waals surface area (Å²) in [5, 5.41) is 0. The predicted molar refractivity (Wildman–Crippen MR) is 132 cm³/mol. The minimum atomic E-state index is 0.540. The normalized spacial score (nSPS) is 10.9. The molecule has 3 heteroatoms. The van der Waals surface area contributed by atoms with Gasteiger partial charge in [-0.2, -0.15) is 0 Å². The van der Waals surface area contributed by atoms with Gasteiger partial charge in [0, 0.05) is 13.7 Å². The zero-order valence-electron chi connectivity index (χ0n) is 19.5. The van der Waals surface area contributed by atoms with Crippen LogP contribution in [0.5, 0.6) is 5.75 Å². The quantitative estimate of drug-likeness (QED) is 0.252. The minimum absolute atomic E-state index is 0.540. The van der Waals surface area contributed by atoms with E-state index in [0.29, 0.717) is 13.2 Å².